The maximum absolute atomic E-state index is 5.94. The van der Waals surface area contributed by atoms with Crippen LogP contribution in [0, 0.1) is 0 Å². The largest absolute Gasteiger partial charge is 0.320 e. The van der Waals surface area contributed by atoms with Crippen LogP contribution in [-0.2, 0) is 12.1 Å². The van der Waals surface area contributed by atoms with Crippen molar-refractivity contribution < 1.29 is 0 Å². The zero-order valence-electron chi connectivity index (χ0n) is 8.66. The van der Waals surface area contributed by atoms with Crippen molar-refractivity contribution in [1.29, 1.82) is 0 Å². The Morgan fingerprint density at radius 2 is 2.15 bits per heavy atom. The van der Waals surface area contributed by atoms with Crippen molar-refractivity contribution in [2.75, 3.05) is 14.1 Å². The Hall–Kier alpha value is -0.450. The minimum Gasteiger partial charge on any atom is -0.320 e. The Bertz CT molecular complexity index is 273. The van der Waals surface area contributed by atoms with Crippen molar-refractivity contribution in [3.63, 3.8) is 0 Å². The summed E-state index contributed by atoms with van der Waals surface area (Å²) >= 11 is 1.69. The third-order valence-corrected chi connectivity index (χ3v) is 2.90. The van der Waals surface area contributed by atoms with Crippen molar-refractivity contribution in [2.24, 2.45) is 5.73 Å². The maximum Gasteiger partial charge on any atom is 0.112 e. The summed E-state index contributed by atoms with van der Waals surface area (Å²) in [6.45, 7) is 4.89. The lowest BCUT2D eigenvalue weighted by molar-refractivity contribution is 0.406. The molecule has 0 aliphatic heterocycles. The molecule has 0 amide bonds. The Labute approximate surface area is 83.6 Å². The van der Waals surface area contributed by atoms with Crippen LogP contribution in [-0.4, -0.2) is 24.0 Å². The first-order valence-corrected chi connectivity index (χ1v) is 5.10. The second kappa shape index (κ2) is 3.74. The molecule has 0 atom stereocenters. The minimum atomic E-state index is -0.310. The van der Waals surface area contributed by atoms with Gasteiger partial charge in [-0.2, -0.15) is 0 Å². The molecule has 0 bridgehead atoms. The van der Waals surface area contributed by atoms with E-state index in [2.05, 4.69) is 9.88 Å². The van der Waals surface area contributed by atoms with Gasteiger partial charge in [0.25, 0.3) is 0 Å². The topological polar surface area (TPSA) is 42.2 Å². The molecule has 0 saturated carbocycles. The van der Waals surface area contributed by atoms with Crippen molar-refractivity contribution >= 4 is 11.3 Å². The van der Waals surface area contributed by atoms with Crippen molar-refractivity contribution in [3.05, 3.63) is 16.1 Å². The van der Waals surface area contributed by atoms with Crippen LogP contribution in [0.25, 0.3) is 0 Å². The average molecular weight is 199 g/mol. The lowest BCUT2D eigenvalue weighted by Crippen LogP contribution is -2.28. The standard InChI is InChI=1S/C9H17N3S/c1-9(2,10)8-11-5-7(13-8)6-12(3)4/h5H,6,10H2,1-4H3. The van der Waals surface area contributed by atoms with E-state index in [-0.39, 0.29) is 5.54 Å². The summed E-state index contributed by atoms with van der Waals surface area (Å²) in [7, 11) is 4.10. The molecule has 0 saturated heterocycles. The van der Waals surface area contributed by atoms with Gasteiger partial charge in [-0.05, 0) is 27.9 Å². The van der Waals surface area contributed by atoms with E-state index in [4.69, 9.17) is 5.73 Å². The number of nitrogens with two attached hydrogens (primary N) is 1. The zero-order chi connectivity index (χ0) is 10.1. The highest BCUT2D eigenvalue weighted by atomic mass is 32.1. The highest BCUT2D eigenvalue weighted by Gasteiger charge is 2.18. The fourth-order valence-corrected chi connectivity index (χ4v) is 2.04. The molecule has 0 radical (unpaired) electrons. The predicted octanol–water partition coefficient (Wildman–Crippen LogP) is 1.40. The Balaban J connectivity index is 2.75. The average Bonchev–Trinajstić information content (AvgIpc) is 2.32. The van der Waals surface area contributed by atoms with Crippen LogP contribution >= 0.6 is 11.3 Å². The first-order valence-electron chi connectivity index (χ1n) is 4.28. The fraction of sp³-hybridized carbons (Fsp3) is 0.667. The van der Waals surface area contributed by atoms with E-state index >= 15 is 0 Å². The van der Waals surface area contributed by atoms with E-state index in [1.807, 2.05) is 34.1 Å². The summed E-state index contributed by atoms with van der Waals surface area (Å²) in [5.74, 6) is 0. The highest BCUT2D eigenvalue weighted by Crippen LogP contribution is 2.23. The molecule has 0 unspecified atom stereocenters. The van der Waals surface area contributed by atoms with Gasteiger partial charge in [-0.25, -0.2) is 4.98 Å². The molecule has 0 aliphatic rings. The number of thiazole rings is 1. The minimum absolute atomic E-state index is 0.310. The van der Waals surface area contributed by atoms with Crippen molar-refractivity contribution in [2.45, 2.75) is 25.9 Å². The molecule has 74 valence electrons. The van der Waals surface area contributed by atoms with Gasteiger partial charge in [0.1, 0.15) is 5.01 Å². The van der Waals surface area contributed by atoms with Gasteiger partial charge in [0, 0.05) is 17.6 Å². The molecule has 1 aromatic rings. The van der Waals surface area contributed by atoms with Gasteiger partial charge in [-0.15, -0.1) is 11.3 Å². The van der Waals surface area contributed by atoms with Gasteiger partial charge < -0.3 is 10.6 Å². The van der Waals surface area contributed by atoms with Gasteiger partial charge in [0.15, 0.2) is 0 Å². The molecule has 0 aliphatic carbocycles. The molecule has 0 fully saturated rings. The quantitative estimate of drug-likeness (QED) is 0.800. The monoisotopic (exact) mass is 199 g/mol. The van der Waals surface area contributed by atoms with Crippen LogP contribution in [0.1, 0.15) is 23.7 Å². The van der Waals surface area contributed by atoms with E-state index in [0.29, 0.717) is 0 Å². The summed E-state index contributed by atoms with van der Waals surface area (Å²) in [5, 5.41) is 1.00. The van der Waals surface area contributed by atoms with E-state index < -0.39 is 0 Å². The summed E-state index contributed by atoms with van der Waals surface area (Å²) < 4.78 is 0. The molecular weight excluding hydrogens is 182 g/mol. The smallest absolute Gasteiger partial charge is 0.112 e. The lowest BCUT2D eigenvalue weighted by Gasteiger charge is -2.14. The van der Waals surface area contributed by atoms with Gasteiger partial charge in [-0.3, -0.25) is 0 Å². The molecular formula is C9H17N3S. The number of hydrogen-bond acceptors (Lipinski definition) is 4. The van der Waals surface area contributed by atoms with Crippen LogP contribution in [0.5, 0.6) is 0 Å². The van der Waals surface area contributed by atoms with Gasteiger partial charge in [0.2, 0.25) is 0 Å². The third-order valence-electron chi connectivity index (χ3n) is 1.58. The first kappa shape index (κ1) is 10.6. The molecule has 4 heteroatoms. The van der Waals surface area contributed by atoms with Crippen molar-refractivity contribution in [1.82, 2.24) is 9.88 Å². The van der Waals surface area contributed by atoms with Crippen LogP contribution in [0.3, 0.4) is 0 Å². The molecule has 1 aromatic heterocycles. The molecule has 3 nitrogen and oxygen atoms in total. The highest BCUT2D eigenvalue weighted by molar-refractivity contribution is 7.11. The Morgan fingerprint density at radius 3 is 2.54 bits per heavy atom. The normalized spacial score (nSPS) is 12.5. The molecule has 1 heterocycles. The van der Waals surface area contributed by atoms with Crippen LogP contribution < -0.4 is 5.73 Å². The van der Waals surface area contributed by atoms with Gasteiger partial charge in [-0.1, -0.05) is 0 Å². The second-order valence-corrected chi connectivity index (χ2v) is 5.21. The second-order valence-electron chi connectivity index (χ2n) is 4.09. The van der Waals surface area contributed by atoms with Gasteiger partial charge in [0.05, 0.1) is 5.54 Å². The maximum atomic E-state index is 5.94. The third kappa shape index (κ3) is 3.06. The van der Waals surface area contributed by atoms with E-state index in [1.54, 1.807) is 11.3 Å². The summed E-state index contributed by atoms with van der Waals surface area (Å²) in [4.78, 5) is 7.70. The molecule has 13 heavy (non-hydrogen) atoms. The number of hydrogen-bond donors (Lipinski definition) is 1. The Morgan fingerprint density at radius 1 is 1.54 bits per heavy atom. The number of rotatable bonds is 3. The number of aromatic nitrogens is 1. The van der Waals surface area contributed by atoms with E-state index in [1.165, 1.54) is 4.88 Å². The fourth-order valence-electron chi connectivity index (χ4n) is 0.990. The zero-order valence-corrected chi connectivity index (χ0v) is 9.48. The molecule has 1 rings (SSSR count). The SMILES string of the molecule is CN(C)Cc1cnc(C(C)(C)N)s1. The first-order chi connectivity index (χ1) is 5.89. The van der Waals surface area contributed by atoms with Gasteiger partial charge >= 0.3 is 0 Å². The lowest BCUT2D eigenvalue weighted by atomic mass is 10.1. The Kier molecular flexibility index (Phi) is 3.05. The van der Waals surface area contributed by atoms with E-state index in [9.17, 15) is 0 Å². The molecule has 0 aromatic carbocycles. The van der Waals surface area contributed by atoms with Crippen LogP contribution in [0.2, 0.25) is 0 Å². The van der Waals surface area contributed by atoms with Crippen LogP contribution in [0.15, 0.2) is 6.20 Å². The van der Waals surface area contributed by atoms with Crippen LogP contribution in [0.4, 0.5) is 0 Å². The predicted molar refractivity (Wildman–Crippen MR) is 56.7 cm³/mol. The van der Waals surface area contributed by atoms with E-state index in [0.717, 1.165) is 11.6 Å². The summed E-state index contributed by atoms with van der Waals surface area (Å²) in [6, 6.07) is 0. The van der Waals surface area contributed by atoms with Crippen molar-refractivity contribution in [3.8, 4) is 0 Å². The summed E-state index contributed by atoms with van der Waals surface area (Å²) in [5.41, 5.74) is 5.62. The number of nitrogens with zero attached hydrogens (tertiary/aromatic N) is 2. The molecule has 2 N–H and O–H groups in total. The summed E-state index contributed by atoms with van der Waals surface area (Å²) in [6.07, 6.45) is 1.91. The molecule has 0 spiro atoms.